The van der Waals surface area contributed by atoms with Crippen molar-refractivity contribution in [3.8, 4) is 5.75 Å². The molecule has 3 heterocycles. The number of hydrogen-bond acceptors (Lipinski definition) is 17. The van der Waals surface area contributed by atoms with E-state index in [0.717, 1.165) is 54.7 Å². The second-order valence-corrected chi connectivity index (χ2v) is 36.1. The fourth-order valence-corrected chi connectivity index (χ4v) is 19.9. The Morgan fingerprint density at radius 2 is 1.40 bits per heavy atom. The Labute approximate surface area is 545 Å². The van der Waals surface area contributed by atoms with E-state index in [-0.39, 0.29) is 60.7 Å². The summed E-state index contributed by atoms with van der Waals surface area (Å²) in [5.41, 5.74) is 1.34. The van der Waals surface area contributed by atoms with Gasteiger partial charge in [-0.2, -0.15) is 0 Å². The fraction of sp³-hybridized carbons (Fsp3) is 0.729. The summed E-state index contributed by atoms with van der Waals surface area (Å²) in [6, 6.07) is 9.18. The number of carbonyl (C=O) groups is 5. The van der Waals surface area contributed by atoms with Crippen LogP contribution in [0.25, 0.3) is 0 Å². The zero-order valence-corrected chi connectivity index (χ0v) is 59.7. The molecule has 1 aromatic carbocycles. The third-order valence-electron chi connectivity index (χ3n) is 20.7. The van der Waals surface area contributed by atoms with E-state index < -0.39 is 117 Å². The van der Waals surface area contributed by atoms with Crippen molar-refractivity contribution in [2.75, 3.05) is 27.9 Å². The van der Waals surface area contributed by atoms with E-state index >= 15 is 4.79 Å². The predicted octanol–water partition coefficient (Wildman–Crippen LogP) is 14.2. The lowest BCUT2D eigenvalue weighted by atomic mass is 9.78. The first-order chi connectivity index (χ1) is 43.2. The molecule has 1 aliphatic carbocycles. The molecule has 1 N–H and O–H groups in total. The number of carbonyl (C=O) groups excluding carboxylic acids is 5. The molecule has 0 spiro atoms. The number of nitro groups is 1. The van der Waals surface area contributed by atoms with E-state index in [2.05, 4.69) is 54.5 Å². The third-order valence-corrected chi connectivity index (χ3v) is 30.0. The minimum atomic E-state index is -2.50. The van der Waals surface area contributed by atoms with Crippen molar-refractivity contribution in [1.29, 1.82) is 0 Å². The number of rotatable bonds is 19. The molecule has 2 saturated heterocycles. The minimum Gasteiger partial charge on any atom is -0.460 e. The van der Waals surface area contributed by atoms with Gasteiger partial charge in [-0.15, -0.1) is 0 Å². The van der Waals surface area contributed by atoms with Crippen LogP contribution < -0.4 is 4.74 Å². The van der Waals surface area contributed by atoms with Gasteiger partial charge in [0.15, 0.2) is 22.4 Å². The van der Waals surface area contributed by atoms with E-state index in [1.54, 1.807) is 21.1 Å². The van der Waals surface area contributed by atoms with Gasteiger partial charge < -0.3 is 52.0 Å². The van der Waals surface area contributed by atoms with Gasteiger partial charge in [0.2, 0.25) is 5.79 Å². The number of nitrogens with zero attached hydrogens (tertiary/aromatic N) is 2. The van der Waals surface area contributed by atoms with Crippen LogP contribution in [0.2, 0.25) is 36.3 Å². The van der Waals surface area contributed by atoms with Crippen molar-refractivity contribution >= 4 is 51.9 Å². The molecule has 16 atom stereocenters. The van der Waals surface area contributed by atoms with Gasteiger partial charge in [0.1, 0.15) is 30.1 Å². The Morgan fingerprint density at radius 1 is 0.747 bits per heavy atom. The van der Waals surface area contributed by atoms with Crippen LogP contribution in [0.4, 0.5) is 10.5 Å². The molecule has 512 valence electrons. The highest BCUT2D eigenvalue weighted by Crippen LogP contribution is 2.41. The molecular weight excluding hydrogens is 1200 g/mol. The molecule has 0 aromatic heterocycles. The van der Waals surface area contributed by atoms with Gasteiger partial charge in [0, 0.05) is 70.6 Å². The van der Waals surface area contributed by atoms with Crippen LogP contribution in [0.15, 0.2) is 71.9 Å². The minimum absolute atomic E-state index is 0.00540. The van der Waals surface area contributed by atoms with E-state index in [1.165, 1.54) is 36.3 Å². The van der Waals surface area contributed by atoms with Gasteiger partial charge in [0.25, 0.3) is 17.4 Å². The largest absolute Gasteiger partial charge is 0.514 e. The number of nitro benzene ring substituents is 1. The van der Waals surface area contributed by atoms with Crippen LogP contribution in [-0.4, -0.2) is 150 Å². The molecule has 5 rings (SSSR count). The standard InChI is InChI=1S/C70H112N2O17Si2/c1-17-90(18-2,19-3)88-58-38-32-53(43-62(58)82-15)42-49(10)60-45-61(86-69(77)84-55-36-33-54(34-37-55)72(79)80)48(9)41-51(12)64(89-91(20-4,21-5)22-6)65(83-16)63(73)50(11)40-46(7)28-24-23-25-29-47(8)59(81-14)44-56-35-31-52(13)70(78,87-56)66(74)67(75)71-39-27-26-30-57(71)68(76)85-60/h23-25,28-29,33-34,36-37,41,46,48-50,52-53,56-62,64-65,78H,17-22,26-27,30-32,35,38-40,42-45H2,1-16H3/b25-23+,28-24+,47-29+,51-41+/t46-,48-,49-,50-,52-,53+,56+,57+,58-,59+,60+,61-,62-,64-,65+,70-/m1/s1. The zero-order chi connectivity index (χ0) is 67.4. The van der Waals surface area contributed by atoms with Crippen molar-refractivity contribution in [2.45, 2.75) is 264 Å². The average molecular weight is 1310 g/mol. The predicted molar refractivity (Wildman–Crippen MR) is 356 cm³/mol. The summed E-state index contributed by atoms with van der Waals surface area (Å²) >= 11 is 0. The Morgan fingerprint density at radius 3 is 2.00 bits per heavy atom. The maximum Gasteiger partial charge on any atom is 0.514 e. The number of aliphatic hydroxyl groups is 1. The van der Waals surface area contributed by atoms with Crippen molar-refractivity contribution in [2.24, 2.45) is 35.5 Å². The number of ether oxygens (including phenoxy) is 7. The second-order valence-electron chi connectivity index (χ2n) is 26.7. The quantitative estimate of drug-likeness (QED) is 0.0258. The number of non-ortho nitro benzene ring substituents is 1. The number of methoxy groups -OCH3 is 3. The van der Waals surface area contributed by atoms with Gasteiger partial charge >= 0.3 is 12.1 Å². The Kier molecular flexibility index (Phi) is 30.7. The van der Waals surface area contributed by atoms with E-state index in [4.69, 9.17) is 42.0 Å². The molecule has 21 heteroatoms. The molecule has 3 aliphatic heterocycles. The molecule has 1 aromatic rings. The Hall–Kier alpha value is -4.72. The maximum atomic E-state index is 15.3. The maximum absolute atomic E-state index is 15.3. The van der Waals surface area contributed by atoms with Gasteiger partial charge in [-0.05, 0) is 155 Å². The molecule has 0 radical (unpaired) electrons. The van der Waals surface area contributed by atoms with Crippen molar-refractivity contribution in [3.05, 3.63) is 82.0 Å². The van der Waals surface area contributed by atoms with Crippen LogP contribution in [0.5, 0.6) is 5.75 Å². The number of piperidine rings is 1. The summed E-state index contributed by atoms with van der Waals surface area (Å²) in [4.78, 5) is 86.3. The fourth-order valence-electron chi connectivity index (χ4n) is 14.1. The van der Waals surface area contributed by atoms with Gasteiger partial charge in [-0.3, -0.25) is 24.5 Å². The van der Waals surface area contributed by atoms with Crippen LogP contribution in [0, 0.1) is 45.6 Å². The van der Waals surface area contributed by atoms with Crippen molar-refractivity contribution in [3.63, 3.8) is 0 Å². The molecular formula is C70H112N2O17Si2. The molecule has 4 aliphatic rings. The average Bonchev–Trinajstić information content (AvgIpc) is 0.816. The van der Waals surface area contributed by atoms with Crippen LogP contribution >= 0.6 is 0 Å². The van der Waals surface area contributed by atoms with Gasteiger partial charge in [-0.25, -0.2) is 9.59 Å². The molecule has 1 saturated carbocycles. The third kappa shape index (κ3) is 20.6. The first-order valence-electron chi connectivity index (χ1n) is 34.0. The van der Waals surface area contributed by atoms with Crippen LogP contribution in [0.1, 0.15) is 167 Å². The lowest BCUT2D eigenvalue weighted by Gasteiger charge is -2.43. The number of cyclic esters (lactones) is 1. The number of hydrogen-bond donors (Lipinski definition) is 1. The van der Waals surface area contributed by atoms with Crippen molar-refractivity contribution < 1.29 is 76.0 Å². The first kappa shape index (κ1) is 77.0. The lowest BCUT2D eigenvalue weighted by molar-refractivity contribution is -0.384. The smallest absolute Gasteiger partial charge is 0.460 e. The molecule has 91 heavy (non-hydrogen) atoms. The molecule has 2 bridgehead atoms. The normalized spacial score (nSPS) is 33.3. The zero-order valence-electron chi connectivity index (χ0n) is 57.7. The lowest BCUT2D eigenvalue weighted by Crippen LogP contribution is -2.61. The number of esters is 1. The number of allylic oxidation sites excluding steroid dienone is 5. The summed E-state index contributed by atoms with van der Waals surface area (Å²) in [5.74, 6) is -7.75. The highest BCUT2D eigenvalue weighted by molar-refractivity contribution is 6.74. The summed E-state index contributed by atoms with van der Waals surface area (Å²) in [6.07, 6.45) is 11.0. The topological polar surface area (TPSA) is 235 Å². The molecule has 19 nitrogen and oxygen atoms in total. The highest BCUT2D eigenvalue weighted by atomic mass is 28.4. The summed E-state index contributed by atoms with van der Waals surface area (Å²) < 4.78 is 57.9. The number of fused-ring (bicyclic) bond motifs is 3. The van der Waals surface area contributed by atoms with Crippen LogP contribution in [0.3, 0.4) is 0 Å². The number of benzene rings is 1. The Bertz CT molecular complexity index is 2640. The molecule has 1 amide bonds. The monoisotopic (exact) mass is 1310 g/mol. The SMILES string of the molecule is CC[Si](CC)(CC)O[C@@H]1/C(C)=C/[C@@H](C)[C@H](OC(=O)Oc2ccc([N+](=O)[O-])cc2)C[C@@H]([C@H](C)C[C@@H]2CC[C@@H](O[Si](CC)(CC)CC)[C@H](OC)C2)OC(=O)[C@@H]2CCCCN2C(=O)C(=O)[C@]2(O)O[C@@H](CC[C@H]2C)C[C@H](OC)/C(C)=C/C=C/C=C/[C@@H](C)C[C@@H](C)C(=O)[C@@H]1OC. The first-order valence-corrected chi connectivity index (χ1v) is 39.1. The highest BCUT2D eigenvalue weighted by Gasteiger charge is 2.53. The number of Topliss-reactive ketones (excluding diaryl/α,β-unsaturated/α-hetero) is 2. The molecule has 3 fully saturated rings. The number of ketones is 2. The second kappa shape index (κ2) is 36.2. The van der Waals surface area contributed by atoms with Gasteiger partial charge in [0.05, 0.1) is 35.4 Å². The summed E-state index contributed by atoms with van der Waals surface area (Å²) in [5, 5.41) is 23.9. The van der Waals surface area contributed by atoms with Gasteiger partial charge in [-0.1, -0.05) is 113 Å². The number of amides is 1. The van der Waals surface area contributed by atoms with E-state index in [9.17, 15) is 34.4 Å². The van der Waals surface area contributed by atoms with E-state index in [0.29, 0.717) is 56.9 Å². The van der Waals surface area contributed by atoms with E-state index in [1.807, 2.05) is 65.0 Å². The molecule has 0 unspecified atom stereocenters. The Balaban J connectivity index is 1.67. The summed E-state index contributed by atoms with van der Waals surface area (Å²) in [7, 11) is 0.352. The summed E-state index contributed by atoms with van der Waals surface area (Å²) in [6.45, 7) is 26.4. The van der Waals surface area contributed by atoms with Crippen LogP contribution in [-0.2, 0) is 56.5 Å². The van der Waals surface area contributed by atoms with Crippen molar-refractivity contribution in [1.82, 2.24) is 4.90 Å².